The van der Waals surface area contributed by atoms with Gasteiger partial charge in [-0.1, -0.05) is 0 Å². The van der Waals surface area contributed by atoms with E-state index in [-0.39, 0.29) is 5.75 Å². The minimum absolute atomic E-state index is 0.123. The Kier molecular flexibility index (Phi) is 8.07. The third-order valence-electron chi connectivity index (χ3n) is 1.60. The summed E-state index contributed by atoms with van der Waals surface area (Å²) in [5, 5.41) is 0. The first-order chi connectivity index (χ1) is 6.62. The maximum Gasteiger partial charge on any atom is 0.211 e. The lowest BCUT2D eigenvalue weighted by Crippen LogP contribution is -2.27. The predicted octanol–water partition coefficient (Wildman–Crippen LogP) is -0.0212. The molecule has 0 fully saturated rings. The van der Waals surface area contributed by atoms with Gasteiger partial charge in [-0.15, -0.1) is 0 Å². The SMILES string of the molecule is CCS(=O)(=O)NCCCOCCOC. The molecular weight excluding hydrogens is 206 g/mol. The summed E-state index contributed by atoms with van der Waals surface area (Å²) in [6.45, 7) is 3.72. The molecule has 0 heterocycles. The van der Waals surface area contributed by atoms with Crippen LogP contribution in [-0.2, 0) is 19.5 Å². The highest BCUT2D eigenvalue weighted by Gasteiger charge is 2.03. The van der Waals surface area contributed by atoms with Crippen molar-refractivity contribution in [1.29, 1.82) is 0 Å². The molecule has 5 nitrogen and oxygen atoms in total. The van der Waals surface area contributed by atoms with E-state index in [1.807, 2.05) is 0 Å². The fraction of sp³-hybridized carbons (Fsp3) is 1.00. The number of nitrogens with one attached hydrogen (secondary N) is 1. The molecular formula is C8H19NO4S. The molecule has 86 valence electrons. The zero-order chi connectivity index (χ0) is 10.9. The van der Waals surface area contributed by atoms with Crippen molar-refractivity contribution in [2.24, 2.45) is 0 Å². The van der Waals surface area contributed by atoms with Crippen LogP contribution in [0.3, 0.4) is 0 Å². The first-order valence-electron chi connectivity index (χ1n) is 4.66. The zero-order valence-corrected chi connectivity index (χ0v) is 9.60. The van der Waals surface area contributed by atoms with Crippen LogP contribution < -0.4 is 4.72 Å². The molecule has 0 atom stereocenters. The average molecular weight is 225 g/mol. The molecule has 14 heavy (non-hydrogen) atoms. The largest absolute Gasteiger partial charge is 0.382 e. The highest BCUT2D eigenvalue weighted by atomic mass is 32.2. The lowest BCUT2D eigenvalue weighted by atomic mass is 10.5. The molecule has 0 aliphatic heterocycles. The lowest BCUT2D eigenvalue weighted by Gasteiger charge is -2.05. The number of hydrogen-bond acceptors (Lipinski definition) is 4. The van der Waals surface area contributed by atoms with Crippen molar-refractivity contribution in [1.82, 2.24) is 4.72 Å². The lowest BCUT2D eigenvalue weighted by molar-refractivity contribution is 0.0699. The molecule has 0 aliphatic rings. The first kappa shape index (κ1) is 13.8. The molecule has 0 aromatic rings. The van der Waals surface area contributed by atoms with E-state index in [2.05, 4.69) is 4.72 Å². The topological polar surface area (TPSA) is 64.6 Å². The minimum Gasteiger partial charge on any atom is -0.382 e. The van der Waals surface area contributed by atoms with Crippen molar-refractivity contribution in [3.05, 3.63) is 0 Å². The molecule has 0 rings (SSSR count). The highest BCUT2D eigenvalue weighted by molar-refractivity contribution is 7.89. The molecule has 0 saturated carbocycles. The molecule has 0 unspecified atom stereocenters. The van der Waals surface area contributed by atoms with Crippen LogP contribution in [0, 0.1) is 0 Å². The monoisotopic (exact) mass is 225 g/mol. The summed E-state index contributed by atoms with van der Waals surface area (Å²) in [5.41, 5.74) is 0. The summed E-state index contributed by atoms with van der Waals surface area (Å²) in [6, 6.07) is 0. The molecule has 1 N–H and O–H groups in total. The van der Waals surface area contributed by atoms with E-state index in [4.69, 9.17) is 9.47 Å². The molecule has 0 saturated heterocycles. The summed E-state index contributed by atoms with van der Waals surface area (Å²) in [4.78, 5) is 0. The second kappa shape index (κ2) is 8.16. The fourth-order valence-corrected chi connectivity index (χ4v) is 1.41. The van der Waals surface area contributed by atoms with E-state index in [9.17, 15) is 8.42 Å². The van der Waals surface area contributed by atoms with E-state index in [0.29, 0.717) is 32.8 Å². The number of methoxy groups -OCH3 is 1. The third-order valence-corrected chi connectivity index (χ3v) is 3.00. The molecule has 0 bridgehead atoms. The molecule has 0 aromatic heterocycles. The summed E-state index contributed by atoms with van der Waals surface area (Å²) in [7, 11) is -1.44. The van der Waals surface area contributed by atoms with Crippen LogP contribution in [-0.4, -0.2) is 47.6 Å². The summed E-state index contributed by atoms with van der Waals surface area (Å²) >= 11 is 0. The van der Waals surface area contributed by atoms with Gasteiger partial charge in [0, 0.05) is 20.3 Å². The Labute approximate surface area is 85.8 Å². The van der Waals surface area contributed by atoms with Gasteiger partial charge in [-0.2, -0.15) is 0 Å². The Morgan fingerprint density at radius 2 is 1.93 bits per heavy atom. The van der Waals surface area contributed by atoms with Crippen LogP contribution in [0.25, 0.3) is 0 Å². The van der Waals surface area contributed by atoms with Crippen LogP contribution >= 0.6 is 0 Å². The Morgan fingerprint density at radius 1 is 1.21 bits per heavy atom. The van der Waals surface area contributed by atoms with Crippen molar-refractivity contribution >= 4 is 10.0 Å². The Balaban J connectivity index is 3.22. The van der Waals surface area contributed by atoms with E-state index in [1.54, 1.807) is 14.0 Å². The van der Waals surface area contributed by atoms with Crippen molar-refractivity contribution in [3.63, 3.8) is 0 Å². The van der Waals surface area contributed by atoms with Crippen molar-refractivity contribution < 1.29 is 17.9 Å². The summed E-state index contributed by atoms with van der Waals surface area (Å²) in [5.74, 6) is 0.123. The Morgan fingerprint density at radius 3 is 2.50 bits per heavy atom. The number of hydrogen-bond donors (Lipinski definition) is 1. The predicted molar refractivity (Wildman–Crippen MR) is 54.8 cm³/mol. The van der Waals surface area contributed by atoms with Crippen molar-refractivity contribution in [2.75, 3.05) is 39.2 Å². The zero-order valence-electron chi connectivity index (χ0n) is 8.78. The van der Waals surface area contributed by atoms with Crippen molar-refractivity contribution in [3.8, 4) is 0 Å². The second-order valence-electron chi connectivity index (χ2n) is 2.76. The average Bonchev–Trinajstić information content (AvgIpc) is 2.16. The van der Waals surface area contributed by atoms with Gasteiger partial charge in [-0.05, 0) is 13.3 Å². The van der Waals surface area contributed by atoms with Crippen LogP contribution in [0.15, 0.2) is 0 Å². The van der Waals surface area contributed by atoms with Gasteiger partial charge in [-0.3, -0.25) is 0 Å². The third kappa shape index (κ3) is 8.43. The van der Waals surface area contributed by atoms with Gasteiger partial charge >= 0.3 is 0 Å². The van der Waals surface area contributed by atoms with Gasteiger partial charge in [0.25, 0.3) is 0 Å². The molecule has 0 amide bonds. The maximum absolute atomic E-state index is 11.0. The van der Waals surface area contributed by atoms with E-state index in [1.165, 1.54) is 0 Å². The van der Waals surface area contributed by atoms with E-state index >= 15 is 0 Å². The van der Waals surface area contributed by atoms with Crippen LogP contribution in [0.5, 0.6) is 0 Å². The number of rotatable bonds is 9. The maximum atomic E-state index is 11.0. The molecule has 0 aromatic carbocycles. The number of sulfonamides is 1. The Hall–Kier alpha value is -0.170. The second-order valence-corrected chi connectivity index (χ2v) is 4.85. The molecule has 0 aliphatic carbocycles. The van der Waals surface area contributed by atoms with Crippen LogP contribution in [0.4, 0.5) is 0 Å². The first-order valence-corrected chi connectivity index (χ1v) is 6.31. The van der Waals surface area contributed by atoms with Gasteiger partial charge in [0.2, 0.25) is 10.0 Å². The smallest absolute Gasteiger partial charge is 0.211 e. The van der Waals surface area contributed by atoms with Gasteiger partial charge in [-0.25, -0.2) is 13.1 Å². The molecule has 0 radical (unpaired) electrons. The summed E-state index contributed by atoms with van der Waals surface area (Å²) < 4.78 is 34.3. The van der Waals surface area contributed by atoms with E-state index in [0.717, 1.165) is 0 Å². The van der Waals surface area contributed by atoms with E-state index < -0.39 is 10.0 Å². The normalized spacial score (nSPS) is 11.9. The highest BCUT2D eigenvalue weighted by Crippen LogP contribution is 1.85. The standard InChI is InChI=1S/C8H19NO4S/c1-3-14(10,11)9-5-4-6-13-8-7-12-2/h9H,3-8H2,1-2H3. The van der Waals surface area contributed by atoms with Crippen molar-refractivity contribution in [2.45, 2.75) is 13.3 Å². The minimum atomic E-state index is -3.05. The number of ether oxygens (including phenoxy) is 2. The molecule has 0 spiro atoms. The van der Waals surface area contributed by atoms with Gasteiger partial charge in [0.15, 0.2) is 0 Å². The van der Waals surface area contributed by atoms with Gasteiger partial charge in [0.1, 0.15) is 0 Å². The molecule has 6 heteroatoms. The van der Waals surface area contributed by atoms with Crippen LogP contribution in [0.2, 0.25) is 0 Å². The fourth-order valence-electron chi connectivity index (χ4n) is 0.748. The Bertz CT molecular complexity index is 215. The quantitative estimate of drug-likeness (QED) is 0.560. The van der Waals surface area contributed by atoms with Gasteiger partial charge in [0.05, 0.1) is 19.0 Å². The summed E-state index contributed by atoms with van der Waals surface area (Å²) in [6.07, 6.45) is 0.683. The van der Waals surface area contributed by atoms with Gasteiger partial charge < -0.3 is 9.47 Å². The van der Waals surface area contributed by atoms with Crippen LogP contribution in [0.1, 0.15) is 13.3 Å².